The zero-order chi connectivity index (χ0) is 14.6. The van der Waals surface area contributed by atoms with Crippen LogP contribution in [0, 0.1) is 0 Å². The summed E-state index contributed by atoms with van der Waals surface area (Å²) in [4.78, 5) is 33.2. The summed E-state index contributed by atoms with van der Waals surface area (Å²) in [5.41, 5.74) is 0.318. The monoisotopic (exact) mass is 292 g/mol. The minimum Gasteiger partial charge on any atom is -0.520 e. The zero-order valence-corrected chi connectivity index (χ0v) is 13.7. The molecule has 0 saturated heterocycles. The molecular formula is C10H20O6Si2. The van der Waals surface area contributed by atoms with Crippen molar-refractivity contribution in [2.75, 3.05) is 0 Å². The second kappa shape index (κ2) is 6.14. The summed E-state index contributed by atoms with van der Waals surface area (Å²) in [5, 5.41) is 0. The third kappa shape index (κ3) is 7.22. The highest BCUT2D eigenvalue weighted by Crippen LogP contribution is 2.23. The summed E-state index contributed by atoms with van der Waals surface area (Å²) >= 11 is 0. The van der Waals surface area contributed by atoms with Gasteiger partial charge in [-0.15, -0.1) is 0 Å². The predicted molar refractivity (Wildman–Crippen MR) is 69.2 cm³/mol. The van der Waals surface area contributed by atoms with Gasteiger partial charge in [-0.25, -0.2) is 0 Å². The molecule has 0 bridgehead atoms. The van der Waals surface area contributed by atoms with Gasteiger partial charge in [0.25, 0.3) is 26.2 Å². The van der Waals surface area contributed by atoms with Gasteiger partial charge in [-0.2, -0.15) is 0 Å². The number of rotatable bonds is 5. The molecule has 0 spiro atoms. The Morgan fingerprint density at radius 1 is 0.778 bits per heavy atom. The van der Waals surface area contributed by atoms with E-state index in [1.165, 1.54) is 20.8 Å². The Kier molecular flexibility index (Phi) is 5.75. The summed E-state index contributed by atoms with van der Waals surface area (Å²) < 4.78 is 15.6. The number of hydrogen-bond acceptors (Lipinski definition) is 6. The molecule has 0 aliphatic heterocycles. The van der Waals surface area contributed by atoms with Gasteiger partial charge in [0, 0.05) is 33.0 Å². The average Bonchev–Trinajstić information content (AvgIpc) is 1.92. The highest BCUT2D eigenvalue weighted by atomic mass is 28.4. The van der Waals surface area contributed by atoms with Crippen LogP contribution in [0.4, 0.5) is 0 Å². The van der Waals surface area contributed by atoms with Gasteiger partial charge >= 0.3 is 8.56 Å². The molecule has 0 saturated carbocycles. The van der Waals surface area contributed by atoms with Crippen molar-refractivity contribution in [1.82, 2.24) is 0 Å². The lowest BCUT2D eigenvalue weighted by atomic mass is 10.9. The quantitative estimate of drug-likeness (QED) is 0.714. The van der Waals surface area contributed by atoms with E-state index in [0.717, 1.165) is 0 Å². The molecule has 8 heteroatoms. The summed E-state index contributed by atoms with van der Waals surface area (Å²) in [6.45, 7) is 9.09. The third-order valence-corrected chi connectivity index (χ3v) is 10.1. The molecule has 0 unspecified atom stereocenters. The maximum absolute atomic E-state index is 11.1. The fourth-order valence-electron chi connectivity index (χ4n) is 1.90. The van der Waals surface area contributed by atoms with E-state index in [4.69, 9.17) is 13.3 Å². The van der Waals surface area contributed by atoms with E-state index in [1.54, 1.807) is 6.55 Å². The largest absolute Gasteiger partial charge is 0.520 e. The van der Waals surface area contributed by atoms with E-state index < -0.39 is 28.8 Å². The fraction of sp³-hybridized carbons (Fsp3) is 0.700. The van der Waals surface area contributed by atoms with Crippen LogP contribution in [-0.2, 0) is 27.7 Å². The molecule has 0 amide bonds. The van der Waals surface area contributed by atoms with E-state index in [2.05, 4.69) is 0 Å². The minimum atomic E-state index is -2.99. The van der Waals surface area contributed by atoms with Crippen molar-refractivity contribution in [3.05, 3.63) is 0 Å². The summed E-state index contributed by atoms with van der Waals surface area (Å²) in [5.74, 6) is -1.38. The van der Waals surface area contributed by atoms with Gasteiger partial charge in [-0.1, -0.05) is 0 Å². The Morgan fingerprint density at radius 2 is 1.11 bits per heavy atom. The first-order valence-electron chi connectivity index (χ1n) is 5.54. The Hall–Kier alpha value is -1.16. The van der Waals surface area contributed by atoms with Crippen molar-refractivity contribution >= 4 is 34.8 Å². The molecule has 0 aromatic heterocycles. The SMILES string of the molecule is CC(=O)O[Si](C)(C)C[Si](C)(OC(C)=O)OC(C)=O. The lowest BCUT2D eigenvalue weighted by Crippen LogP contribution is -2.50. The molecule has 0 rings (SSSR count). The van der Waals surface area contributed by atoms with Crippen LogP contribution < -0.4 is 0 Å². The van der Waals surface area contributed by atoms with Gasteiger partial charge in [-0.05, 0) is 13.1 Å². The molecule has 0 heterocycles. The number of carbonyl (C=O) groups is 3. The fourth-order valence-corrected chi connectivity index (χ4v) is 11.0. The Morgan fingerprint density at radius 3 is 1.39 bits per heavy atom. The first-order chi connectivity index (χ1) is 7.96. The molecule has 0 fully saturated rings. The van der Waals surface area contributed by atoms with Gasteiger partial charge in [0.1, 0.15) is 0 Å². The second-order valence-electron chi connectivity index (χ2n) is 4.85. The van der Waals surface area contributed by atoms with Gasteiger partial charge in [0.05, 0.1) is 0 Å². The molecule has 18 heavy (non-hydrogen) atoms. The lowest BCUT2D eigenvalue weighted by Gasteiger charge is -2.31. The topological polar surface area (TPSA) is 78.9 Å². The zero-order valence-electron chi connectivity index (χ0n) is 11.7. The number of hydrogen-bond donors (Lipinski definition) is 0. The first-order valence-corrected chi connectivity index (χ1v) is 11.2. The smallest absolute Gasteiger partial charge is 0.461 e. The molecule has 0 radical (unpaired) electrons. The first kappa shape index (κ1) is 16.8. The molecule has 6 nitrogen and oxygen atoms in total. The Balaban J connectivity index is 4.92. The highest BCUT2D eigenvalue weighted by molar-refractivity contribution is 6.89. The van der Waals surface area contributed by atoms with Crippen molar-refractivity contribution in [3.8, 4) is 0 Å². The van der Waals surface area contributed by atoms with Crippen LogP contribution in [0.1, 0.15) is 20.8 Å². The van der Waals surface area contributed by atoms with Crippen LogP contribution in [0.2, 0.25) is 25.3 Å². The molecule has 0 atom stereocenters. The van der Waals surface area contributed by atoms with Crippen molar-refractivity contribution in [3.63, 3.8) is 0 Å². The predicted octanol–water partition coefficient (Wildman–Crippen LogP) is 1.49. The van der Waals surface area contributed by atoms with E-state index in [9.17, 15) is 14.4 Å². The third-order valence-electron chi connectivity index (χ3n) is 1.89. The molecule has 0 aliphatic carbocycles. The van der Waals surface area contributed by atoms with Crippen molar-refractivity contribution in [2.45, 2.75) is 46.1 Å². The highest BCUT2D eigenvalue weighted by Gasteiger charge is 2.46. The maximum Gasteiger partial charge on any atom is 0.461 e. The average molecular weight is 292 g/mol. The Labute approximate surface area is 109 Å². The lowest BCUT2D eigenvalue weighted by molar-refractivity contribution is -0.138. The van der Waals surface area contributed by atoms with E-state index in [-0.39, 0.29) is 5.97 Å². The van der Waals surface area contributed by atoms with Crippen LogP contribution in [0.25, 0.3) is 0 Å². The summed E-state index contributed by atoms with van der Waals surface area (Å²) in [6.07, 6.45) is 0. The Bertz CT molecular complexity index is 336. The van der Waals surface area contributed by atoms with Crippen LogP contribution in [0.5, 0.6) is 0 Å². The van der Waals surface area contributed by atoms with E-state index >= 15 is 0 Å². The second-order valence-corrected chi connectivity index (χ2v) is 12.7. The maximum atomic E-state index is 11.1. The molecule has 0 aliphatic rings. The van der Waals surface area contributed by atoms with Crippen LogP contribution in [0.15, 0.2) is 0 Å². The van der Waals surface area contributed by atoms with Crippen LogP contribution >= 0.6 is 0 Å². The van der Waals surface area contributed by atoms with Crippen molar-refractivity contribution in [1.29, 1.82) is 0 Å². The molecule has 0 aromatic carbocycles. The standard InChI is InChI=1S/C10H20O6Si2/c1-8(11)14-17(4,5)7-18(6,15-9(2)12)16-10(3)13/h7H2,1-6H3. The van der Waals surface area contributed by atoms with Crippen LogP contribution in [0.3, 0.4) is 0 Å². The molecular weight excluding hydrogens is 272 g/mol. The molecule has 104 valence electrons. The summed E-state index contributed by atoms with van der Waals surface area (Å²) in [6, 6.07) is 0. The van der Waals surface area contributed by atoms with E-state index in [1.807, 2.05) is 13.1 Å². The van der Waals surface area contributed by atoms with E-state index in [0.29, 0.717) is 5.67 Å². The van der Waals surface area contributed by atoms with Gasteiger partial charge < -0.3 is 13.3 Å². The molecule has 0 aromatic rings. The van der Waals surface area contributed by atoms with Gasteiger partial charge in [0.2, 0.25) is 0 Å². The molecule has 0 N–H and O–H groups in total. The van der Waals surface area contributed by atoms with Crippen molar-refractivity contribution in [2.24, 2.45) is 0 Å². The summed E-state index contributed by atoms with van der Waals surface area (Å²) in [7, 11) is -5.37. The minimum absolute atomic E-state index is 0.318. The van der Waals surface area contributed by atoms with Crippen LogP contribution in [-0.4, -0.2) is 34.8 Å². The van der Waals surface area contributed by atoms with Crippen molar-refractivity contribution < 1.29 is 27.7 Å². The number of carbonyl (C=O) groups excluding carboxylic acids is 3. The normalized spacial score (nSPS) is 11.7. The van der Waals surface area contributed by atoms with Gasteiger partial charge in [0.15, 0.2) is 0 Å². The van der Waals surface area contributed by atoms with Gasteiger partial charge in [-0.3, -0.25) is 14.4 Å².